The van der Waals surface area contributed by atoms with Crippen LogP contribution in [-0.2, 0) is 7.05 Å². The van der Waals surface area contributed by atoms with Gasteiger partial charge in [-0.25, -0.2) is 0 Å². The Morgan fingerprint density at radius 2 is 2.12 bits per heavy atom. The highest BCUT2D eigenvalue weighted by atomic mass is 16.5. The van der Waals surface area contributed by atoms with Gasteiger partial charge in [-0.1, -0.05) is 0 Å². The van der Waals surface area contributed by atoms with E-state index in [4.69, 9.17) is 10.5 Å². The summed E-state index contributed by atoms with van der Waals surface area (Å²) in [6.45, 7) is 1.89. The molecule has 2 N–H and O–H groups in total. The van der Waals surface area contributed by atoms with Crippen LogP contribution in [0.4, 0.5) is 0 Å². The zero-order chi connectivity index (χ0) is 11.5. The van der Waals surface area contributed by atoms with Crippen LogP contribution in [-0.4, -0.2) is 14.8 Å². The Bertz CT molecular complexity index is 461. The number of aryl methyl sites for hydroxylation is 1. The number of hydrogen-bond donors (Lipinski definition) is 1. The van der Waals surface area contributed by atoms with Crippen LogP contribution in [0.1, 0.15) is 18.7 Å². The fourth-order valence-electron chi connectivity index (χ4n) is 1.31. The summed E-state index contributed by atoms with van der Waals surface area (Å²) in [5.41, 5.74) is 6.55. The molecule has 0 bridgehead atoms. The van der Waals surface area contributed by atoms with Crippen molar-refractivity contribution in [2.75, 3.05) is 0 Å². The predicted octanol–water partition coefficient (Wildman–Crippen LogP) is 1.63. The summed E-state index contributed by atoms with van der Waals surface area (Å²) < 4.78 is 7.23. The van der Waals surface area contributed by atoms with Gasteiger partial charge in [0.2, 0.25) is 0 Å². The molecule has 0 aliphatic rings. The van der Waals surface area contributed by atoms with Crippen LogP contribution in [0.15, 0.2) is 30.7 Å². The lowest BCUT2D eigenvalue weighted by molar-refractivity contribution is 0.478. The minimum atomic E-state index is -0.0626. The molecule has 2 aromatic heterocycles. The van der Waals surface area contributed by atoms with Crippen LogP contribution >= 0.6 is 0 Å². The van der Waals surface area contributed by atoms with E-state index in [1.165, 1.54) is 0 Å². The first-order valence-electron chi connectivity index (χ1n) is 5.03. The molecule has 5 nitrogen and oxygen atoms in total. The van der Waals surface area contributed by atoms with Crippen molar-refractivity contribution in [3.8, 4) is 11.5 Å². The molecule has 0 aliphatic carbocycles. The normalized spacial score (nSPS) is 12.4. The number of ether oxygens (including phenoxy) is 1. The summed E-state index contributed by atoms with van der Waals surface area (Å²) >= 11 is 0. The van der Waals surface area contributed by atoms with Crippen LogP contribution in [0, 0.1) is 0 Å². The van der Waals surface area contributed by atoms with E-state index in [0.717, 1.165) is 5.69 Å². The van der Waals surface area contributed by atoms with Gasteiger partial charge in [0.05, 0.1) is 24.3 Å². The van der Waals surface area contributed by atoms with Crippen LogP contribution in [0.3, 0.4) is 0 Å². The van der Waals surface area contributed by atoms with Gasteiger partial charge in [0.15, 0.2) is 5.75 Å². The van der Waals surface area contributed by atoms with Crippen LogP contribution < -0.4 is 10.5 Å². The van der Waals surface area contributed by atoms with Crippen molar-refractivity contribution in [3.05, 3.63) is 36.4 Å². The Labute approximate surface area is 93.9 Å². The first-order chi connectivity index (χ1) is 7.65. The fourth-order valence-corrected chi connectivity index (χ4v) is 1.31. The lowest BCUT2D eigenvalue weighted by Crippen LogP contribution is -2.06. The molecule has 0 aliphatic heterocycles. The first-order valence-corrected chi connectivity index (χ1v) is 5.03. The van der Waals surface area contributed by atoms with E-state index in [9.17, 15) is 0 Å². The Morgan fingerprint density at radius 1 is 1.31 bits per heavy atom. The van der Waals surface area contributed by atoms with Gasteiger partial charge in [-0.2, -0.15) is 5.10 Å². The fraction of sp³-hybridized carbons (Fsp3) is 0.273. The smallest absolute Gasteiger partial charge is 0.165 e. The Balaban J connectivity index is 2.11. The number of pyridine rings is 1. The zero-order valence-electron chi connectivity index (χ0n) is 9.29. The van der Waals surface area contributed by atoms with E-state index >= 15 is 0 Å². The monoisotopic (exact) mass is 218 g/mol. The molecule has 0 spiro atoms. The molecule has 1 atom stereocenters. The Kier molecular flexibility index (Phi) is 2.87. The van der Waals surface area contributed by atoms with E-state index < -0.39 is 0 Å². The molecule has 0 saturated carbocycles. The molecular formula is C11H14N4O. The number of rotatable bonds is 3. The second-order valence-electron chi connectivity index (χ2n) is 3.66. The molecule has 2 aromatic rings. The summed E-state index contributed by atoms with van der Waals surface area (Å²) in [5, 5.41) is 4.01. The summed E-state index contributed by atoms with van der Waals surface area (Å²) in [7, 11) is 1.84. The summed E-state index contributed by atoms with van der Waals surface area (Å²) in [5.74, 6) is 1.37. The molecule has 16 heavy (non-hydrogen) atoms. The van der Waals surface area contributed by atoms with E-state index in [1.807, 2.05) is 26.1 Å². The maximum absolute atomic E-state index is 5.70. The van der Waals surface area contributed by atoms with Gasteiger partial charge in [-0.15, -0.1) is 0 Å². The molecule has 5 heteroatoms. The standard InChI is InChI=1S/C11H14N4O/c1-8(12)11-4-3-9(5-13-11)16-10-6-14-15(2)7-10/h3-8H,12H2,1-2H3. The van der Waals surface area contributed by atoms with Gasteiger partial charge in [0.25, 0.3) is 0 Å². The quantitative estimate of drug-likeness (QED) is 0.850. The molecule has 1 unspecified atom stereocenters. The minimum Gasteiger partial charge on any atom is -0.452 e. The number of hydrogen-bond acceptors (Lipinski definition) is 4. The van der Waals surface area contributed by atoms with Crippen molar-refractivity contribution in [1.29, 1.82) is 0 Å². The van der Waals surface area contributed by atoms with E-state index in [2.05, 4.69) is 10.1 Å². The largest absolute Gasteiger partial charge is 0.452 e. The molecule has 84 valence electrons. The SMILES string of the molecule is CC(N)c1ccc(Oc2cnn(C)c2)cn1. The first kappa shape index (κ1) is 10.6. The van der Waals surface area contributed by atoms with Gasteiger partial charge >= 0.3 is 0 Å². The van der Waals surface area contributed by atoms with Crippen molar-refractivity contribution in [2.45, 2.75) is 13.0 Å². The highest BCUT2D eigenvalue weighted by Gasteiger charge is 2.03. The highest BCUT2D eigenvalue weighted by Crippen LogP contribution is 2.20. The van der Waals surface area contributed by atoms with Gasteiger partial charge in [0.1, 0.15) is 5.75 Å². The Hall–Kier alpha value is -1.88. The average Bonchev–Trinajstić information content (AvgIpc) is 2.65. The third-order valence-corrected chi connectivity index (χ3v) is 2.14. The van der Waals surface area contributed by atoms with Gasteiger partial charge in [-0.3, -0.25) is 9.67 Å². The molecule has 0 saturated heterocycles. The minimum absolute atomic E-state index is 0.0626. The van der Waals surface area contributed by atoms with Crippen molar-refractivity contribution >= 4 is 0 Å². The molecule has 0 aromatic carbocycles. The zero-order valence-corrected chi connectivity index (χ0v) is 9.29. The molecule has 0 radical (unpaired) electrons. The molecular weight excluding hydrogens is 204 g/mol. The van der Waals surface area contributed by atoms with Gasteiger partial charge < -0.3 is 10.5 Å². The molecule has 2 rings (SSSR count). The average molecular weight is 218 g/mol. The van der Waals surface area contributed by atoms with Crippen LogP contribution in [0.5, 0.6) is 11.5 Å². The second-order valence-corrected chi connectivity index (χ2v) is 3.66. The van der Waals surface area contributed by atoms with Crippen molar-refractivity contribution in [1.82, 2.24) is 14.8 Å². The van der Waals surface area contributed by atoms with Crippen molar-refractivity contribution in [2.24, 2.45) is 12.8 Å². The van der Waals surface area contributed by atoms with Gasteiger partial charge in [0, 0.05) is 13.1 Å². The second kappa shape index (κ2) is 4.32. The number of nitrogens with two attached hydrogens (primary N) is 1. The summed E-state index contributed by atoms with van der Waals surface area (Å²) in [4.78, 5) is 4.20. The van der Waals surface area contributed by atoms with E-state index in [0.29, 0.717) is 11.5 Å². The molecule has 2 heterocycles. The number of nitrogens with zero attached hydrogens (tertiary/aromatic N) is 3. The lowest BCUT2D eigenvalue weighted by atomic mass is 10.2. The van der Waals surface area contributed by atoms with E-state index in [1.54, 1.807) is 23.3 Å². The number of aromatic nitrogens is 3. The third kappa shape index (κ3) is 2.38. The maximum Gasteiger partial charge on any atom is 0.165 e. The van der Waals surface area contributed by atoms with Crippen LogP contribution in [0.2, 0.25) is 0 Å². The van der Waals surface area contributed by atoms with Gasteiger partial charge in [-0.05, 0) is 19.1 Å². The summed E-state index contributed by atoms with van der Waals surface area (Å²) in [6.07, 6.45) is 5.10. The highest BCUT2D eigenvalue weighted by molar-refractivity contribution is 5.27. The molecule has 0 amide bonds. The maximum atomic E-state index is 5.70. The third-order valence-electron chi connectivity index (χ3n) is 2.14. The van der Waals surface area contributed by atoms with Crippen LogP contribution in [0.25, 0.3) is 0 Å². The Morgan fingerprint density at radius 3 is 2.62 bits per heavy atom. The summed E-state index contributed by atoms with van der Waals surface area (Å²) in [6, 6.07) is 3.64. The topological polar surface area (TPSA) is 66.0 Å². The molecule has 0 fully saturated rings. The van der Waals surface area contributed by atoms with E-state index in [-0.39, 0.29) is 6.04 Å². The lowest BCUT2D eigenvalue weighted by Gasteiger charge is -2.06. The van der Waals surface area contributed by atoms with Crippen molar-refractivity contribution in [3.63, 3.8) is 0 Å². The van der Waals surface area contributed by atoms with Crippen molar-refractivity contribution < 1.29 is 4.74 Å². The predicted molar refractivity (Wildman–Crippen MR) is 60.1 cm³/mol.